The number of hydrogen-bond acceptors (Lipinski definition) is 2. The number of benzene rings is 7. The minimum absolute atomic E-state index is 0.0489. The first-order chi connectivity index (χ1) is 26.1. The first kappa shape index (κ1) is 30.1. The maximum absolute atomic E-state index is 6.92. The van der Waals surface area contributed by atoms with Crippen LogP contribution >= 0.6 is 0 Å². The van der Waals surface area contributed by atoms with Gasteiger partial charge in [0.2, 0.25) is 0 Å². The molecule has 0 saturated heterocycles. The van der Waals surface area contributed by atoms with Crippen LogP contribution in [0.15, 0.2) is 162 Å². The predicted octanol–water partition coefficient (Wildman–Crippen LogP) is 13.3. The van der Waals surface area contributed by atoms with E-state index in [4.69, 9.17) is 9.15 Å². The van der Waals surface area contributed by atoms with Gasteiger partial charge in [-0.1, -0.05) is 145 Å². The maximum Gasteiger partial charge on any atom is 0.143 e. The van der Waals surface area contributed by atoms with Gasteiger partial charge in [0.1, 0.15) is 23.0 Å². The molecular weight excluding hydrogens is 647 g/mol. The van der Waals surface area contributed by atoms with E-state index in [9.17, 15) is 0 Å². The van der Waals surface area contributed by atoms with Gasteiger partial charge in [0.25, 0.3) is 0 Å². The van der Waals surface area contributed by atoms with Crippen molar-refractivity contribution in [3.63, 3.8) is 0 Å². The molecular formula is C50H35NO2. The van der Waals surface area contributed by atoms with Crippen LogP contribution in [0, 0.1) is 13.8 Å². The Hall–Kier alpha value is -6.58. The van der Waals surface area contributed by atoms with Crippen molar-refractivity contribution in [3.05, 3.63) is 180 Å². The number of H-pyrrole nitrogens is 1. The lowest BCUT2D eigenvalue weighted by molar-refractivity contribution is 0.279. The number of ether oxygens (including phenoxy) is 1. The molecule has 7 aromatic carbocycles. The molecule has 0 amide bonds. The van der Waals surface area contributed by atoms with Crippen molar-refractivity contribution in [2.24, 2.45) is 0 Å². The van der Waals surface area contributed by atoms with Gasteiger partial charge >= 0.3 is 0 Å². The molecule has 2 aromatic heterocycles. The summed E-state index contributed by atoms with van der Waals surface area (Å²) in [6.45, 7) is 4.25. The Morgan fingerprint density at radius 1 is 0.509 bits per heavy atom. The van der Waals surface area contributed by atoms with Crippen molar-refractivity contribution in [1.29, 1.82) is 0 Å². The molecule has 2 aliphatic rings. The van der Waals surface area contributed by atoms with E-state index >= 15 is 0 Å². The van der Waals surface area contributed by atoms with E-state index in [0.717, 1.165) is 72.1 Å². The molecule has 2 unspecified atom stereocenters. The number of nitrogens with one attached hydrogen (secondary N) is 1. The maximum atomic E-state index is 6.92. The van der Waals surface area contributed by atoms with E-state index < -0.39 is 0 Å². The number of aromatic nitrogens is 1. The molecule has 1 aliphatic heterocycles. The van der Waals surface area contributed by atoms with Gasteiger partial charge in [-0.05, 0) is 60.4 Å². The minimum atomic E-state index is -0.0489. The molecule has 3 nitrogen and oxygen atoms in total. The fraction of sp³-hybridized carbons (Fsp3) is 0.0800. The largest absolute Gasteiger partial charge is 0.484 e. The third-order valence-corrected chi connectivity index (χ3v) is 11.4. The van der Waals surface area contributed by atoms with Crippen LogP contribution in [-0.2, 0) is 0 Å². The summed E-state index contributed by atoms with van der Waals surface area (Å²) >= 11 is 0. The summed E-state index contributed by atoms with van der Waals surface area (Å²) in [7, 11) is 0. The zero-order valence-corrected chi connectivity index (χ0v) is 29.5. The van der Waals surface area contributed by atoms with Gasteiger partial charge in [0.15, 0.2) is 0 Å². The fourth-order valence-electron chi connectivity index (χ4n) is 8.62. The zero-order valence-electron chi connectivity index (χ0n) is 29.5. The average molecular weight is 682 g/mol. The second kappa shape index (κ2) is 11.5. The van der Waals surface area contributed by atoms with E-state index in [-0.39, 0.29) is 12.0 Å². The van der Waals surface area contributed by atoms with Gasteiger partial charge in [0, 0.05) is 66.3 Å². The number of fused-ring (bicyclic) bond motifs is 9. The van der Waals surface area contributed by atoms with Crippen LogP contribution in [0.2, 0.25) is 0 Å². The molecule has 1 aliphatic carbocycles. The third kappa shape index (κ3) is 4.67. The van der Waals surface area contributed by atoms with Crippen LogP contribution in [0.3, 0.4) is 0 Å². The molecule has 0 bridgehead atoms. The van der Waals surface area contributed by atoms with Crippen LogP contribution in [0.25, 0.3) is 82.7 Å². The lowest BCUT2D eigenvalue weighted by Gasteiger charge is -2.23. The monoisotopic (exact) mass is 681 g/mol. The van der Waals surface area contributed by atoms with Gasteiger partial charge in [0.05, 0.1) is 0 Å². The molecule has 11 rings (SSSR count). The average Bonchev–Trinajstić information content (AvgIpc) is 3.89. The Morgan fingerprint density at radius 3 is 1.72 bits per heavy atom. The Morgan fingerprint density at radius 2 is 1.06 bits per heavy atom. The molecule has 53 heavy (non-hydrogen) atoms. The molecule has 0 radical (unpaired) electrons. The summed E-state index contributed by atoms with van der Waals surface area (Å²) in [5.74, 6) is 1.16. The van der Waals surface area contributed by atoms with Crippen LogP contribution in [0.1, 0.15) is 28.2 Å². The molecule has 0 fully saturated rings. The summed E-state index contributed by atoms with van der Waals surface area (Å²) in [5, 5.41) is 4.63. The van der Waals surface area contributed by atoms with Crippen molar-refractivity contribution >= 4 is 49.3 Å². The van der Waals surface area contributed by atoms with Crippen molar-refractivity contribution in [1.82, 2.24) is 4.98 Å². The molecule has 0 spiro atoms. The van der Waals surface area contributed by atoms with Crippen LogP contribution in [0.5, 0.6) is 5.75 Å². The Kier molecular flexibility index (Phi) is 6.51. The molecule has 9 aromatic rings. The van der Waals surface area contributed by atoms with Crippen LogP contribution < -0.4 is 4.74 Å². The topological polar surface area (TPSA) is 38.2 Å². The second-order valence-electron chi connectivity index (χ2n) is 14.6. The summed E-state index contributed by atoms with van der Waals surface area (Å²) in [6.07, 6.45) is 6.63. The SMILES string of the molecule is Cc1ccc(C2=CC=CC3c4cccc(-c5ccc6[nH]c7ccc(-c8cccc9c8oc8c(-c%10ccc(C)cc%10)cccc89)cc7c6c5)c4OC23)cc1. The number of aromatic amines is 1. The summed E-state index contributed by atoms with van der Waals surface area (Å²) < 4.78 is 13.7. The highest BCUT2D eigenvalue weighted by Crippen LogP contribution is 2.50. The molecule has 3 heterocycles. The lowest BCUT2D eigenvalue weighted by Crippen LogP contribution is -2.21. The summed E-state index contributed by atoms with van der Waals surface area (Å²) in [4.78, 5) is 3.67. The smallest absolute Gasteiger partial charge is 0.143 e. The second-order valence-corrected chi connectivity index (χ2v) is 14.6. The normalized spacial score (nSPS) is 16.3. The van der Waals surface area contributed by atoms with Gasteiger partial charge in [-0.15, -0.1) is 0 Å². The van der Waals surface area contributed by atoms with Gasteiger partial charge in [-0.25, -0.2) is 0 Å². The quantitative estimate of drug-likeness (QED) is 0.201. The van der Waals surface area contributed by atoms with Crippen molar-refractivity contribution in [3.8, 4) is 39.1 Å². The first-order valence-electron chi connectivity index (χ1n) is 18.4. The summed E-state index contributed by atoms with van der Waals surface area (Å²) in [6, 6.07) is 50.4. The van der Waals surface area contributed by atoms with E-state index in [0.29, 0.717) is 0 Å². The lowest BCUT2D eigenvalue weighted by atomic mass is 9.84. The van der Waals surface area contributed by atoms with Crippen molar-refractivity contribution < 1.29 is 9.15 Å². The highest BCUT2D eigenvalue weighted by molar-refractivity contribution is 6.14. The van der Waals surface area contributed by atoms with Crippen LogP contribution in [0.4, 0.5) is 0 Å². The number of para-hydroxylation sites is 3. The van der Waals surface area contributed by atoms with Gasteiger partial charge in [-0.3, -0.25) is 0 Å². The molecule has 0 saturated carbocycles. The van der Waals surface area contributed by atoms with Crippen molar-refractivity contribution in [2.45, 2.75) is 25.9 Å². The highest BCUT2D eigenvalue weighted by atomic mass is 16.5. The number of allylic oxidation sites excluding steroid dienone is 2. The predicted molar refractivity (Wildman–Crippen MR) is 220 cm³/mol. The Labute approximate surface area is 307 Å². The van der Waals surface area contributed by atoms with Crippen LogP contribution in [-0.4, -0.2) is 11.1 Å². The van der Waals surface area contributed by atoms with Gasteiger partial charge < -0.3 is 14.1 Å². The molecule has 3 heteroatoms. The van der Waals surface area contributed by atoms with E-state index in [2.05, 4.69) is 177 Å². The Balaban J connectivity index is 1.01. The number of furan rings is 1. The molecule has 252 valence electrons. The van der Waals surface area contributed by atoms with E-state index in [1.54, 1.807) is 0 Å². The minimum Gasteiger partial charge on any atom is -0.484 e. The first-order valence-corrected chi connectivity index (χ1v) is 18.4. The zero-order chi connectivity index (χ0) is 35.2. The van der Waals surface area contributed by atoms with E-state index in [1.807, 2.05) is 0 Å². The van der Waals surface area contributed by atoms with Gasteiger partial charge in [-0.2, -0.15) is 0 Å². The van der Waals surface area contributed by atoms with E-state index in [1.165, 1.54) is 38.6 Å². The highest BCUT2D eigenvalue weighted by Gasteiger charge is 2.38. The summed E-state index contributed by atoms with van der Waals surface area (Å²) in [5.41, 5.74) is 17.0. The molecule has 1 N–H and O–H groups in total. The number of aryl methyl sites for hydroxylation is 2. The Bertz CT molecular complexity index is 2990. The third-order valence-electron chi connectivity index (χ3n) is 11.4. The standard InChI is InChI=1S/C50H35NO2/c1-29-15-19-31(20-16-29)35-7-3-11-39-41-13-5-9-37(49(41)52-47(35)39)33-23-25-45-43(27-33)44-28-34(24-26-46(44)51-45)38-10-6-14-42-40-12-4-8-36(48(40)53-50(38)42)32-21-17-30(2)18-22-32/h3-28,39,47,51H,1-2H3. The fourth-order valence-corrected chi connectivity index (χ4v) is 8.62. The molecule has 2 atom stereocenters. The number of hydrogen-bond donors (Lipinski definition) is 1. The van der Waals surface area contributed by atoms with Crippen molar-refractivity contribution in [2.75, 3.05) is 0 Å². The number of rotatable bonds is 4.